The Morgan fingerprint density at radius 3 is 2.70 bits per heavy atom. The summed E-state index contributed by atoms with van der Waals surface area (Å²) in [6.07, 6.45) is 1.37. The molecule has 8 heteroatoms. The highest BCUT2D eigenvalue weighted by molar-refractivity contribution is 7.99. The zero-order valence-corrected chi connectivity index (χ0v) is 11.7. The van der Waals surface area contributed by atoms with Crippen LogP contribution in [0.1, 0.15) is 6.92 Å². The first-order valence-corrected chi connectivity index (χ1v) is 6.94. The number of hydrogen-bond acceptors (Lipinski definition) is 5. The Morgan fingerprint density at radius 1 is 1.45 bits per heavy atom. The lowest BCUT2D eigenvalue weighted by molar-refractivity contribution is -0.116. The maximum Gasteiger partial charge on any atom is 0.237 e. The summed E-state index contributed by atoms with van der Waals surface area (Å²) in [6.45, 7) is 2.36. The van der Waals surface area contributed by atoms with Crippen LogP contribution < -0.4 is 10.7 Å². The van der Waals surface area contributed by atoms with Gasteiger partial charge in [0.05, 0.1) is 5.75 Å². The molecule has 0 unspecified atom stereocenters. The molecule has 2 rings (SSSR count). The number of amides is 1. The van der Waals surface area contributed by atoms with E-state index >= 15 is 0 Å². The molecular formula is C12H14FN5OS. The van der Waals surface area contributed by atoms with Gasteiger partial charge in [-0.05, 0) is 31.2 Å². The van der Waals surface area contributed by atoms with Crippen LogP contribution in [0, 0.1) is 5.82 Å². The smallest absolute Gasteiger partial charge is 0.237 e. The molecule has 0 aliphatic rings. The van der Waals surface area contributed by atoms with Crippen LogP contribution in [-0.2, 0) is 4.79 Å². The normalized spacial score (nSPS) is 10.5. The number of carbonyl (C=O) groups excluding carboxylic acids is 1. The monoisotopic (exact) mass is 295 g/mol. The van der Waals surface area contributed by atoms with Crippen molar-refractivity contribution in [2.75, 3.05) is 23.0 Å². The van der Waals surface area contributed by atoms with Gasteiger partial charge in [-0.1, -0.05) is 11.8 Å². The molecule has 1 amide bonds. The van der Waals surface area contributed by atoms with E-state index in [0.717, 1.165) is 0 Å². The van der Waals surface area contributed by atoms with Gasteiger partial charge < -0.3 is 10.7 Å². The molecule has 2 N–H and O–H groups in total. The molecule has 0 saturated heterocycles. The summed E-state index contributed by atoms with van der Waals surface area (Å²) in [5.74, 6) is 5.31. The van der Waals surface area contributed by atoms with Crippen LogP contribution >= 0.6 is 11.8 Å². The first kappa shape index (κ1) is 14.3. The third kappa shape index (κ3) is 3.27. The van der Waals surface area contributed by atoms with Gasteiger partial charge in [0.25, 0.3) is 0 Å². The molecule has 2 aromatic rings. The highest BCUT2D eigenvalue weighted by Crippen LogP contribution is 2.18. The second-order valence-corrected chi connectivity index (χ2v) is 4.87. The van der Waals surface area contributed by atoms with Crippen LogP contribution in [0.3, 0.4) is 0 Å². The van der Waals surface area contributed by atoms with Gasteiger partial charge in [-0.3, -0.25) is 4.79 Å². The van der Waals surface area contributed by atoms with Crippen molar-refractivity contribution in [1.29, 1.82) is 0 Å². The van der Waals surface area contributed by atoms with Gasteiger partial charge in [0.15, 0.2) is 0 Å². The van der Waals surface area contributed by atoms with Crippen LogP contribution in [0.5, 0.6) is 0 Å². The second-order valence-electron chi connectivity index (χ2n) is 3.92. The number of carbonyl (C=O) groups is 1. The summed E-state index contributed by atoms with van der Waals surface area (Å²) in [7, 11) is 0. The van der Waals surface area contributed by atoms with Crippen molar-refractivity contribution in [3.05, 3.63) is 36.4 Å². The van der Waals surface area contributed by atoms with Crippen molar-refractivity contribution in [3.63, 3.8) is 0 Å². The van der Waals surface area contributed by atoms with Crippen LogP contribution in [0.15, 0.2) is 35.7 Å². The van der Waals surface area contributed by atoms with Crippen LogP contribution in [0.2, 0.25) is 0 Å². The number of nitrogen functional groups attached to an aromatic ring is 1. The number of benzene rings is 1. The van der Waals surface area contributed by atoms with Gasteiger partial charge >= 0.3 is 0 Å². The van der Waals surface area contributed by atoms with Crippen molar-refractivity contribution in [2.24, 2.45) is 0 Å². The topological polar surface area (TPSA) is 77.0 Å². The lowest BCUT2D eigenvalue weighted by Gasteiger charge is -2.20. The molecule has 0 fully saturated rings. The number of anilines is 1. The lowest BCUT2D eigenvalue weighted by atomic mass is 10.3. The summed E-state index contributed by atoms with van der Waals surface area (Å²) < 4.78 is 14.2. The average Bonchev–Trinajstić information content (AvgIpc) is 2.85. The fourth-order valence-electron chi connectivity index (χ4n) is 1.66. The van der Waals surface area contributed by atoms with Gasteiger partial charge in [-0.15, -0.1) is 10.2 Å². The zero-order chi connectivity index (χ0) is 14.5. The van der Waals surface area contributed by atoms with Gasteiger partial charge in [0.2, 0.25) is 11.1 Å². The minimum Gasteiger partial charge on any atom is -0.336 e. The first-order chi connectivity index (χ1) is 9.61. The molecular weight excluding hydrogens is 281 g/mol. The highest BCUT2D eigenvalue weighted by atomic mass is 32.2. The Kier molecular flexibility index (Phi) is 4.57. The minimum absolute atomic E-state index is 0.105. The molecule has 1 aromatic carbocycles. The largest absolute Gasteiger partial charge is 0.336 e. The van der Waals surface area contributed by atoms with Crippen molar-refractivity contribution in [2.45, 2.75) is 12.1 Å². The summed E-state index contributed by atoms with van der Waals surface area (Å²) in [5.41, 5.74) is 0.661. The number of thioether (sulfide) groups is 1. The molecule has 20 heavy (non-hydrogen) atoms. The minimum atomic E-state index is -0.331. The maximum atomic E-state index is 12.9. The Balaban J connectivity index is 2.02. The Hall–Kier alpha value is -2.09. The van der Waals surface area contributed by atoms with E-state index in [2.05, 4.69) is 10.2 Å². The number of halogens is 1. The molecule has 0 radical (unpaired) electrons. The quantitative estimate of drug-likeness (QED) is 0.664. The molecule has 6 nitrogen and oxygen atoms in total. The van der Waals surface area contributed by atoms with Crippen LogP contribution in [0.25, 0.3) is 0 Å². The number of hydrogen-bond donors (Lipinski definition) is 1. The van der Waals surface area contributed by atoms with Gasteiger partial charge in [-0.25, -0.2) is 9.07 Å². The first-order valence-electron chi connectivity index (χ1n) is 5.95. The Morgan fingerprint density at radius 2 is 2.15 bits per heavy atom. The summed E-state index contributed by atoms with van der Waals surface area (Å²) in [4.78, 5) is 13.8. The fourth-order valence-corrected chi connectivity index (χ4v) is 2.37. The van der Waals surface area contributed by atoms with Crippen molar-refractivity contribution in [3.8, 4) is 0 Å². The molecule has 0 bridgehead atoms. The average molecular weight is 295 g/mol. The van der Waals surface area contributed by atoms with E-state index in [1.807, 2.05) is 6.92 Å². The summed E-state index contributed by atoms with van der Waals surface area (Å²) in [5, 5.41) is 7.89. The van der Waals surface area contributed by atoms with Gasteiger partial charge in [-0.2, -0.15) is 0 Å². The van der Waals surface area contributed by atoms with Crippen LogP contribution in [-0.4, -0.2) is 33.1 Å². The highest BCUT2D eigenvalue weighted by Gasteiger charge is 2.15. The standard InChI is InChI=1S/C12H14FN5OS/c1-2-17(10-5-3-9(13)4-6-10)11(19)7-20-12-16-15-8-18(12)14/h3-6,8H,2,7,14H2,1H3. The Labute approximate surface area is 119 Å². The third-order valence-electron chi connectivity index (χ3n) is 2.62. The fraction of sp³-hybridized carbons (Fsp3) is 0.250. The number of rotatable bonds is 5. The predicted molar refractivity (Wildman–Crippen MR) is 75.3 cm³/mol. The third-order valence-corrected chi connectivity index (χ3v) is 3.56. The lowest BCUT2D eigenvalue weighted by Crippen LogP contribution is -2.32. The molecule has 0 saturated carbocycles. The van der Waals surface area contributed by atoms with Crippen LogP contribution in [0.4, 0.5) is 10.1 Å². The molecule has 0 aliphatic carbocycles. The molecule has 0 atom stereocenters. The van der Waals surface area contributed by atoms with E-state index in [1.165, 1.54) is 34.9 Å². The SMILES string of the molecule is CCN(C(=O)CSc1nncn1N)c1ccc(F)cc1. The zero-order valence-electron chi connectivity index (χ0n) is 10.9. The van der Waals surface area contributed by atoms with Gasteiger partial charge in [0, 0.05) is 12.2 Å². The van der Waals surface area contributed by atoms with E-state index in [4.69, 9.17) is 5.84 Å². The van der Waals surface area contributed by atoms with E-state index in [9.17, 15) is 9.18 Å². The second kappa shape index (κ2) is 6.38. The summed E-state index contributed by atoms with van der Waals surface area (Å²) >= 11 is 1.20. The van der Waals surface area contributed by atoms with E-state index < -0.39 is 0 Å². The maximum absolute atomic E-state index is 12.9. The predicted octanol–water partition coefficient (Wildman–Crippen LogP) is 1.28. The van der Waals surface area contributed by atoms with Gasteiger partial charge in [0.1, 0.15) is 12.1 Å². The van der Waals surface area contributed by atoms with Crippen molar-refractivity contribution >= 4 is 23.4 Å². The number of nitrogens with zero attached hydrogens (tertiary/aromatic N) is 4. The number of nitrogens with two attached hydrogens (primary N) is 1. The number of aromatic nitrogens is 3. The van der Waals surface area contributed by atoms with E-state index in [0.29, 0.717) is 17.4 Å². The van der Waals surface area contributed by atoms with E-state index in [-0.39, 0.29) is 17.5 Å². The molecule has 0 aliphatic heterocycles. The molecule has 1 heterocycles. The van der Waals surface area contributed by atoms with Crippen molar-refractivity contribution < 1.29 is 9.18 Å². The molecule has 106 valence electrons. The van der Waals surface area contributed by atoms with E-state index in [1.54, 1.807) is 17.0 Å². The van der Waals surface area contributed by atoms with Crippen molar-refractivity contribution in [1.82, 2.24) is 14.9 Å². The summed E-state index contributed by atoms with van der Waals surface area (Å²) in [6, 6.07) is 5.81. The molecule has 1 aromatic heterocycles. The Bertz CT molecular complexity index is 586. The molecule has 0 spiro atoms.